The van der Waals surface area contributed by atoms with Crippen LogP contribution in [-0.4, -0.2) is 32.9 Å². The third-order valence-corrected chi connectivity index (χ3v) is 6.73. The van der Waals surface area contributed by atoms with Crippen LogP contribution in [0.4, 0.5) is 16.2 Å². The number of carbonyl (C=O) groups excluding carboxylic acids is 2. The van der Waals surface area contributed by atoms with Gasteiger partial charge in [-0.3, -0.25) is 9.69 Å². The topological polar surface area (TPSA) is 86.8 Å². The van der Waals surface area contributed by atoms with Crippen LogP contribution in [0.25, 0.3) is 0 Å². The van der Waals surface area contributed by atoms with Crippen LogP contribution in [0.1, 0.15) is 32.8 Å². The van der Waals surface area contributed by atoms with Crippen LogP contribution in [-0.2, 0) is 21.2 Å². The molecule has 0 bridgehead atoms. The number of amides is 3. The molecular formula is C21H25N3O4S. The molecule has 1 heterocycles. The summed E-state index contributed by atoms with van der Waals surface area (Å²) in [6.45, 7) is 5.54. The predicted octanol–water partition coefficient (Wildman–Crippen LogP) is 3.30. The van der Waals surface area contributed by atoms with E-state index >= 15 is 0 Å². The fraction of sp³-hybridized carbons (Fsp3) is 0.333. The van der Waals surface area contributed by atoms with E-state index in [0.717, 1.165) is 22.7 Å². The van der Waals surface area contributed by atoms with E-state index in [1.165, 1.54) is 11.0 Å². The highest BCUT2D eigenvalue weighted by Gasteiger charge is 2.43. The Balaban J connectivity index is 2.05. The van der Waals surface area contributed by atoms with Gasteiger partial charge >= 0.3 is 6.03 Å². The van der Waals surface area contributed by atoms with Gasteiger partial charge < -0.3 is 5.32 Å². The van der Waals surface area contributed by atoms with Crippen LogP contribution in [0.2, 0.25) is 0 Å². The van der Waals surface area contributed by atoms with E-state index in [9.17, 15) is 18.0 Å². The van der Waals surface area contributed by atoms with Gasteiger partial charge in [0.05, 0.1) is 11.4 Å². The van der Waals surface area contributed by atoms with Gasteiger partial charge in [-0.1, -0.05) is 38.1 Å². The number of urea groups is 1. The minimum absolute atomic E-state index is 0.00416. The second-order valence-corrected chi connectivity index (χ2v) is 8.76. The molecule has 29 heavy (non-hydrogen) atoms. The summed E-state index contributed by atoms with van der Waals surface area (Å²) in [5.74, 6) is -0.344. The van der Waals surface area contributed by atoms with E-state index in [0.29, 0.717) is 0 Å². The van der Waals surface area contributed by atoms with Gasteiger partial charge in [0.25, 0.3) is 10.0 Å². The van der Waals surface area contributed by atoms with E-state index in [2.05, 4.69) is 5.32 Å². The summed E-state index contributed by atoms with van der Waals surface area (Å²) in [6.07, 6.45) is 1.55. The van der Waals surface area contributed by atoms with Gasteiger partial charge in [0, 0.05) is 6.04 Å². The first-order valence-electron chi connectivity index (χ1n) is 9.63. The number of hydrogen-bond acceptors (Lipinski definition) is 4. The normalized spacial score (nSPS) is 16.3. The summed E-state index contributed by atoms with van der Waals surface area (Å²) < 4.78 is 27.2. The molecule has 1 aliphatic heterocycles. The molecule has 0 saturated heterocycles. The molecule has 0 fully saturated rings. The largest absolute Gasteiger partial charge is 0.352 e. The number of para-hydroxylation sites is 1. The van der Waals surface area contributed by atoms with Crippen molar-refractivity contribution in [2.24, 2.45) is 0 Å². The first-order valence-corrected chi connectivity index (χ1v) is 11.1. The molecule has 3 amide bonds. The Hall–Kier alpha value is -2.87. The smallest absolute Gasteiger partial charge is 0.343 e. The van der Waals surface area contributed by atoms with E-state index < -0.39 is 16.1 Å². The summed E-state index contributed by atoms with van der Waals surface area (Å²) >= 11 is 0. The van der Waals surface area contributed by atoms with Crippen LogP contribution < -0.4 is 14.5 Å². The zero-order valence-electron chi connectivity index (χ0n) is 16.8. The minimum atomic E-state index is -4.09. The Kier molecular flexibility index (Phi) is 5.93. The molecule has 2 aromatic rings. The fourth-order valence-corrected chi connectivity index (χ4v) is 4.74. The summed E-state index contributed by atoms with van der Waals surface area (Å²) in [5.41, 5.74) is 1.48. The molecule has 3 rings (SSSR count). The number of sulfonamides is 1. The molecule has 2 aromatic carbocycles. The molecule has 0 spiro atoms. The second kappa shape index (κ2) is 8.24. The molecule has 7 nitrogen and oxygen atoms in total. The Morgan fingerprint density at radius 3 is 2.34 bits per heavy atom. The number of nitrogens with zero attached hydrogens (tertiary/aromatic N) is 2. The highest BCUT2D eigenvalue weighted by molar-refractivity contribution is 7.94. The number of nitrogens with one attached hydrogen (secondary N) is 1. The van der Waals surface area contributed by atoms with Gasteiger partial charge in [0.2, 0.25) is 5.91 Å². The second-order valence-electron chi connectivity index (χ2n) is 7.00. The summed E-state index contributed by atoms with van der Waals surface area (Å²) in [6, 6.07) is 12.2. The van der Waals surface area contributed by atoms with Crippen molar-refractivity contribution in [1.82, 2.24) is 5.32 Å². The van der Waals surface area contributed by atoms with Gasteiger partial charge in [-0.05, 0) is 49.6 Å². The van der Waals surface area contributed by atoms with E-state index in [-0.39, 0.29) is 34.8 Å². The minimum Gasteiger partial charge on any atom is -0.352 e. The molecule has 1 atom stereocenters. The average molecular weight is 416 g/mol. The zero-order chi connectivity index (χ0) is 21.2. The first-order chi connectivity index (χ1) is 13.8. The molecule has 1 aliphatic rings. The number of rotatable bonds is 6. The highest BCUT2D eigenvalue weighted by Crippen LogP contribution is 2.37. The summed E-state index contributed by atoms with van der Waals surface area (Å²) in [4.78, 5) is 26.9. The zero-order valence-corrected chi connectivity index (χ0v) is 17.6. The maximum atomic E-state index is 13.2. The Morgan fingerprint density at radius 2 is 1.72 bits per heavy atom. The van der Waals surface area contributed by atoms with Crippen LogP contribution in [0.3, 0.4) is 0 Å². The monoisotopic (exact) mass is 415 g/mol. The van der Waals surface area contributed by atoms with Crippen molar-refractivity contribution < 1.29 is 18.0 Å². The number of anilines is 2. The van der Waals surface area contributed by atoms with Crippen molar-refractivity contribution in [2.45, 2.75) is 44.6 Å². The lowest BCUT2D eigenvalue weighted by Gasteiger charge is -2.36. The van der Waals surface area contributed by atoms with Gasteiger partial charge in [0.15, 0.2) is 0 Å². The van der Waals surface area contributed by atoms with Crippen molar-refractivity contribution in [2.75, 3.05) is 15.7 Å². The van der Waals surface area contributed by atoms with Crippen molar-refractivity contribution in [3.05, 3.63) is 54.1 Å². The molecule has 0 aliphatic carbocycles. The molecule has 8 heteroatoms. The third-order valence-electron chi connectivity index (χ3n) is 4.98. The summed E-state index contributed by atoms with van der Waals surface area (Å²) in [5, 5.41) is 2.82. The maximum absolute atomic E-state index is 13.2. The fourth-order valence-electron chi connectivity index (χ4n) is 3.15. The number of aryl methyl sites for hydroxylation is 1. The molecule has 1 N–H and O–H groups in total. The van der Waals surface area contributed by atoms with Gasteiger partial charge in [0.1, 0.15) is 11.4 Å². The maximum Gasteiger partial charge on any atom is 0.343 e. The quantitative estimate of drug-likeness (QED) is 0.784. The molecule has 0 aromatic heterocycles. The van der Waals surface area contributed by atoms with Crippen LogP contribution >= 0.6 is 0 Å². The Labute approximate surface area is 171 Å². The van der Waals surface area contributed by atoms with Crippen molar-refractivity contribution >= 4 is 33.3 Å². The van der Waals surface area contributed by atoms with E-state index in [1.54, 1.807) is 42.5 Å². The van der Waals surface area contributed by atoms with Gasteiger partial charge in [-0.2, -0.15) is 4.31 Å². The Morgan fingerprint density at radius 1 is 1.07 bits per heavy atom. The third kappa shape index (κ3) is 3.98. The Bertz CT molecular complexity index is 1020. The molecule has 0 radical (unpaired) electrons. The van der Waals surface area contributed by atoms with Crippen LogP contribution in [0, 0.1) is 0 Å². The highest BCUT2D eigenvalue weighted by atomic mass is 32.2. The van der Waals surface area contributed by atoms with E-state index in [1.807, 2.05) is 20.8 Å². The average Bonchev–Trinajstić information content (AvgIpc) is 2.71. The van der Waals surface area contributed by atoms with Gasteiger partial charge in [-0.15, -0.1) is 0 Å². The summed E-state index contributed by atoms with van der Waals surface area (Å²) in [7, 11) is -4.09. The number of hydrogen-bond donors (Lipinski definition) is 1. The van der Waals surface area contributed by atoms with Crippen LogP contribution in [0.15, 0.2) is 53.4 Å². The number of fused-ring (bicyclic) bond motifs is 1. The lowest BCUT2D eigenvalue weighted by molar-refractivity contribution is -0.120. The predicted molar refractivity (Wildman–Crippen MR) is 113 cm³/mol. The molecule has 154 valence electrons. The SMILES string of the molecule is CCc1ccc(N2C(=O)N(CC(=O)N[C@@H](C)CC)c3ccccc3S2(=O)=O)cc1. The molecule has 0 unspecified atom stereocenters. The van der Waals surface area contributed by atoms with Crippen molar-refractivity contribution in [3.63, 3.8) is 0 Å². The van der Waals surface area contributed by atoms with Crippen molar-refractivity contribution in [3.8, 4) is 0 Å². The number of benzene rings is 2. The first kappa shape index (κ1) is 20.9. The van der Waals surface area contributed by atoms with E-state index in [4.69, 9.17) is 0 Å². The lowest BCUT2D eigenvalue weighted by Crippen LogP contribution is -2.54. The molecule has 0 saturated carbocycles. The molecular weight excluding hydrogens is 390 g/mol. The van der Waals surface area contributed by atoms with Crippen LogP contribution in [0.5, 0.6) is 0 Å². The van der Waals surface area contributed by atoms with Crippen molar-refractivity contribution in [1.29, 1.82) is 0 Å². The van der Waals surface area contributed by atoms with Gasteiger partial charge in [-0.25, -0.2) is 13.2 Å². The number of carbonyl (C=O) groups is 2. The lowest BCUT2D eigenvalue weighted by atomic mass is 10.1. The standard InChI is InChI=1S/C21H25N3O4S/c1-4-15(3)22-20(25)14-23-18-8-6-7-9-19(18)29(27,28)24(21(23)26)17-12-10-16(5-2)11-13-17/h6-13,15H,4-5,14H2,1-3H3,(H,22,25)/t15-/m0/s1.